The molecule has 2 aromatic carbocycles. The second-order valence-corrected chi connectivity index (χ2v) is 7.23. The molecule has 0 atom stereocenters. The molecule has 0 aromatic heterocycles. The third-order valence-electron chi connectivity index (χ3n) is 2.75. The van der Waals surface area contributed by atoms with Crippen molar-refractivity contribution in [2.24, 2.45) is 0 Å². The van der Waals surface area contributed by atoms with Crippen LogP contribution in [0.5, 0.6) is 0 Å². The molecule has 110 valence electrons. The topological polar surface area (TPSA) is 63.2 Å². The molecular weight excluding hydrogens is 378 g/mol. The highest BCUT2D eigenvalue weighted by molar-refractivity contribution is 9.10. The quantitative estimate of drug-likeness (QED) is 0.802. The van der Waals surface area contributed by atoms with Crippen LogP contribution in [0.4, 0.5) is 5.69 Å². The molecule has 0 aliphatic carbocycles. The predicted octanol–water partition coefficient (Wildman–Crippen LogP) is 4.11. The lowest BCUT2D eigenvalue weighted by Gasteiger charge is -2.11. The van der Waals surface area contributed by atoms with Crippen LogP contribution in [-0.4, -0.2) is 14.2 Å². The SMILES string of the molecule is CC(=O)c1ccccc1NS(=O)(=O)c1ccc(Cl)c(Br)c1. The molecule has 21 heavy (non-hydrogen) atoms. The van der Waals surface area contributed by atoms with Crippen LogP contribution in [0.3, 0.4) is 0 Å². The van der Waals surface area contributed by atoms with E-state index in [-0.39, 0.29) is 16.4 Å². The molecule has 0 radical (unpaired) electrons. The van der Waals surface area contributed by atoms with Crippen LogP contribution in [0.15, 0.2) is 51.8 Å². The summed E-state index contributed by atoms with van der Waals surface area (Å²) in [7, 11) is -3.80. The zero-order chi connectivity index (χ0) is 15.6. The minimum Gasteiger partial charge on any atom is -0.294 e. The van der Waals surface area contributed by atoms with E-state index in [1.54, 1.807) is 24.3 Å². The van der Waals surface area contributed by atoms with Gasteiger partial charge in [0, 0.05) is 10.0 Å². The van der Waals surface area contributed by atoms with Crippen molar-refractivity contribution in [3.05, 3.63) is 57.5 Å². The molecule has 0 saturated heterocycles. The molecule has 0 bridgehead atoms. The largest absolute Gasteiger partial charge is 0.294 e. The van der Waals surface area contributed by atoms with Gasteiger partial charge in [-0.1, -0.05) is 23.7 Å². The van der Waals surface area contributed by atoms with Crippen LogP contribution in [0, 0.1) is 0 Å². The normalized spacial score (nSPS) is 11.2. The monoisotopic (exact) mass is 387 g/mol. The van der Waals surface area contributed by atoms with E-state index in [4.69, 9.17) is 11.6 Å². The maximum atomic E-state index is 12.4. The van der Waals surface area contributed by atoms with Crippen molar-refractivity contribution in [2.75, 3.05) is 4.72 Å². The summed E-state index contributed by atoms with van der Waals surface area (Å²) < 4.78 is 27.6. The minimum atomic E-state index is -3.80. The number of carbonyl (C=O) groups excluding carboxylic acids is 1. The van der Waals surface area contributed by atoms with Gasteiger partial charge in [-0.15, -0.1) is 0 Å². The van der Waals surface area contributed by atoms with E-state index in [9.17, 15) is 13.2 Å². The van der Waals surface area contributed by atoms with Crippen molar-refractivity contribution in [2.45, 2.75) is 11.8 Å². The van der Waals surface area contributed by atoms with Gasteiger partial charge in [0.1, 0.15) is 0 Å². The van der Waals surface area contributed by atoms with E-state index in [1.807, 2.05) is 0 Å². The Morgan fingerprint density at radius 2 is 1.86 bits per heavy atom. The number of hydrogen-bond acceptors (Lipinski definition) is 3. The fourth-order valence-corrected chi connectivity index (χ4v) is 3.48. The first-order chi connectivity index (χ1) is 9.81. The Labute approximate surface area is 136 Å². The zero-order valence-electron chi connectivity index (χ0n) is 10.9. The summed E-state index contributed by atoms with van der Waals surface area (Å²) in [5.74, 6) is -0.217. The summed E-state index contributed by atoms with van der Waals surface area (Å²) in [5.41, 5.74) is 0.560. The second kappa shape index (κ2) is 6.17. The average Bonchev–Trinajstić information content (AvgIpc) is 2.41. The summed E-state index contributed by atoms with van der Waals surface area (Å²) in [6, 6.07) is 10.7. The van der Waals surface area contributed by atoms with Crippen LogP contribution < -0.4 is 4.72 Å². The number of hydrogen-bond donors (Lipinski definition) is 1. The van der Waals surface area contributed by atoms with E-state index in [0.29, 0.717) is 15.1 Å². The highest BCUT2D eigenvalue weighted by Crippen LogP contribution is 2.27. The van der Waals surface area contributed by atoms with Crippen LogP contribution >= 0.6 is 27.5 Å². The van der Waals surface area contributed by atoms with E-state index >= 15 is 0 Å². The average molecular weight is 389 g/mol. The highest BCUT2D eigenvalue weighted by atomic mass is 79.9. The van der Waals surface area contributed by atoms with E-state index in [1.165, 1.54) is 25.1 Å². The molecular formula is C14H11BrClNO3S. The number of rotatable bonds is 4. The first-order valence-electron chi connectivity index (χ1n) is 5.89. The second-order valence-electron chi connectivity index (χ2n) is 4.28. The number of para-hydroxylation sites is 1. The highest BCUT2D eigenvalue weighted by Gasteiger charge is 2.18. The lowest BCUT2D eigenvalue weighted by molar-refractivity contribution is 0.101. The van der Waals surface area contributed by atoms with Crippen molar-refractivity contribution in [1.82, 2.24) is 0 Å². The van der Waals surface area contributed by atoms with Crippen molar-refractivity contribution < 1.29 is 13.2 Å². The summed E-state index contributed by atoms with van der Waals surface area (Å²) >= 11 is 9.03. The number of benzene rings is 2. The van der Waals surface area contributed by atoms with Crippen LogP contribution in [0.2, 0.25) is 5.02 Å². The molecule has 0 spiro atoms. The molecule has 0 unspecified atom stereocenters. The molecule has 2 aromatic rings. The predicted molar refractivity (Wildman–Crippen MR) is 86.4 cm³/mol. The molecule has 4 nitrogen and oxygen atoms in total. The van der Waals surface area contributed by atoms with Gasteiger partial charge in [0.15, 0.2) is 5.78 Å². The first kappa shape index (κ1) is 16.0. The van der Waals surface area contributed by atoms with Crippen LogP contribution in [-0.2, 0) is 10.0 Å². The van der Waals surface area contributed by atoms with Crippen LogP contribution in [0.25, 0.3) is 0 Å². The maximum absolute atomic E-state index is 12.4. The third kappa shape index (κ3) is 3.64. The van der Waals surface area contributed by atoms with Gasteiger partial charge in [0.2, 0.25) is 0 Å². The Balaban J connectivity index is 2.42. The fraction of sp³-hybridized carbons (Fsp3) is 0.0714. The Morgan fingerprint density at radius 1 is 1.19 bits per heavy atom. The molecule has 0 aliphatic heterocycles. The summed E-state index contributed by atoms with van der Waals surface area (Å²) in [6.45, 7) is 1.38. The molecule has 0 aliphatic rings. The standard InChI is InChI=1S/C14H11BrClNO3S/c1-9(18)11-4-2-3-5-14(11)17-21(19,20)10-6-7-13(16)12(15)8-10/h2-8,17H,1H3. The molecule has 0 heterocycles. The third-order valence-corrected chi connectivity index (χ3v) is 5.33. The summed E-state index contributed by atoms with van der Waals surface area (Å²) in [4.78, 5) is 11.6. The fourth-order valence-electron chi connectivity index (χ4n) is 1.73. The molecule has 2 rings (SSSR count). The first-order valence-corrected chi connectivity index (χ1v) is 8.54. The van der Waals surface area contributed by atoms with Crippen molar-refractivity contribution in [1.29, 1.82) is 0 Å². The molecule has 0 saturated carbocycles. The van der Waals surface area contributed by atoms with Gasteiger partial charge < -0.3 is 0 Å². The van der Waals surface area contributed by atoms with Gasteiger partial charge in [0.25, 0.3) is 10.0 Å². The Hall–Kier alpha value is -1.37. The summed E-state index contributed by atoms with van der Waals surface area (Å²) in [5, 5.41) is 0.415. The number of anilines is 1. The van der Waals surface area contributed by atoms with Crippen LogP contribution in [0.1, 0.15) is 17.3 Å². The number of halogens is 2. The van der Waals surface area contributed by atoms with E-state index in [2.05, 4.69) is 20.7 Å². The summed E-state index contributed by atoms with van der Waals surface area (Å²) in [6.07, 6.45) is 0. The van der Waals surface area contributed by atoms with Gasteiger partial charge in [-0.3, -0.25) is 9.52 Å². The zero-order valence-corrected chi connectivity index (χ0v) is 14.1. The van der Waals surface area contributed by atoms with Crippen molar-refractivity contribution >= 4 is 49.0 Å². The lowest BCUT2D eigenvalue weighted by atomic mass is 10.1. The van der Waals surface area contributed by atoms with Crippen molar-refractivity contribution in [3.63, 3.8) is 0 Å². The van der Waals surface area contributed by atoms with Gasteiger partial charge >= 0.3 is 0 Å². The number of carbonyl (C=O) groups is 1. The van der Waals surface area contributed by atoms with Gasteiger partial charge in [-0.2, -0.15) is 0 Å². The number of Topliss-reactive ketones (excluding diaryl/α,β-unsaturated/α-hetero) is 1. The molecule has 0 fully saturated rings. The molecule has 1 N–H and O–H groups in total. The number of nitrogens with one attached hydrogen (secondary N) is 1. The minimum absolute atomic E-state index is 0.0529. The van der Waals surface area contributed by atoms with Gasteiger partial charge in [0.05, 0.1) is 15.6 Å². The van der Waals surface area contributed by atoms with E-state index in [0.717, 1.165) is 0 Å². The van der Waals surface area contributed by atoms with Crippen molar-refractivity contribution in [3.8, 4) is 0 Å². The van der Waals surface area contributed by atoms with Gasteiger partial charge in [-0.25, -0.2) is 8.42 Å². The number of sulfonamides is 1. The maximum Gasteiger partial charge on any atom is 0.261 e. The smallest absolute Gasteiger partial charge is 0.261 e. The molecule has 0 amide bonds. The Kier molecular flexibility index (Phi) is 4.70. The van der Waals surface area contributed by atoms with E-state index < -0.39 is 10.0 Å². The lowest BCUT2D eigenvalue weighted by Crippen LogP contribution is -2.15. The Bertz CT molecular complexity index is 806. The Morgan fingerprint density at radius 3 is 2.48 bits per heavy atom. The van der Waals surface area contributed by atoms with Gasteiger partial charge in [-0.05, 0) is 53.2 Å². The number of ketones is 1. The molecule has 7 heteroatoms.